The van der Waals surface area contributed by atoms with Crippen molar-refractivity contribution < 1.29 is 14.6 Å². The molecule has 2 atom stereocenters. The number of aliphatic hydroxyl groups is 1. The van der Waals surface area contributed by atoms with Crippen molar-refractivity contribution in [3.8, 4) is 0 Å². The van der Waals surface area contributed by atoms with Crippen LogP contribution >= 0.6 is 0 Å². The fourth-order valence-corrected chi connectivity index (χ4v) is 4.71. The summed E-state index contributed by atoms with van der Waals surface area (Å²) in [6.45, 7) is 5.68. The largest absolute Gasteiger partial charge is 0.444 e. The van der Waals surface area contributed by atoms with Gasteiger partial charge >= 0.3 is 6.09 Å². The van der Waals surface area contributed by atoms with E-state index in [-0.39, 0.29) is 18.2 Å². The molecule has 2 unspecified atom stereocenters. The first kappa shape index (κ1) is 18.3. The number of ether oxygens (including phenoxy) is 1. The van der Waals surface area contributed by atoms with Gasteiger partial charge in [0.25, 0.3) is 0 Å². The maximum Gasteiger partial charge on any atom is 0.410 e. The van der Waals surface area contributed by atoms with E-state index in [4.69, 9.17) is 4.74 Å². The summed E-state index contributed by atoms with van der Waals surface area (Å²) in [5.41, 5.74) is 0.496. The van der Waals surface area contributed by atoms with Crippen molar-refractivity contribution in [1.82, 2.24) is 14.7 Å². The minimum atomic E-state index is -0.924. The highest BCUT2D eigenvalue weighted by molar-refractivity contribution is 5.79. The lowest BCUT2D eigenvalue weighted by molar-refractivity contribution is -0.0964. The maximum atomic E-state index is 12.8. The van der Waals surface area contributed by atoms with Crippen LogP contribution in [0.2, 0.25) is 0 Å². The molecule has 6 nitrogen and oxygen atoms in total. The lowest BCUT2D eigenvalue weighted by Gasteiger charge is -2.51. The maximum absolute atomic E-state index is 12.8. The van der Waals surface area contributed by atoms with Gasteiger partial charge in [-0.1, -0.05) is 12.1 Å². The number of carbonyl (C=O) groups excluding carboxylic acids is 1. The molecule has 6 heteroatoms. The second-order valence-electron chi connectivity index (χ2n) is 9.11. The Morgan fingerprint density at radius 3 is 2.56 bits per heavy atom. The molecule has 4 rings (SSSR count). The van der Waals surface area contributed by atoms with Gasteiger partial charge in [-0.3, -0.25) is 4.68 Å². The second kappa shape index (κ2) is 6.23. The third kappa shape index (κ3) is 3.31. The molecular formula is C21H29N3O3. The van der Waals surface area contributed by atoms with Crippen LogP contribution in [0.25, 0.3) is 10.9 Å². The molecule has 0 aliphatic carbocycles. The van der Waals surface area contributed by atoms with Crippen LogP contribution in [0.3, 0.4) is 0 Å². The number of amides is 1. The Balaban J connectivity index is 1.63. The molecule has 2 aliphatic rings. The van der Waals surface area contributed by atoms with Gasteiger partial charge in [-0.25, -0.2) is 4.79 Å². The minimum absolute atomic E-state index is 0.0135. The minimum Gasteiger partial charge on any atom is -0.444 e. The van der Waals surface area contributed by atoms with Gasteiger partial charge in [0.2, 0.25) is 0 Å². The Morgan fingerprint density at radius 1 is 1.26 bits per heavy atom. The van der Waals surface area contributed by atoms with Crippen molar-refractivity contribution in [3.63, 3.8) is 0 Å². The van der Waals surface area contributed by atoms with E-state index in [1.807, 2.05) is 61.8 Å². The van der Waals surface area contributed by atoms with Crippen molar-refractivity contribution in [2.75, 3.05) is 0 Å². The standard InChI is InChI=1S/C21H29N3O3/c1-20(2,3)27-19(25)24-16-6-5-7-17(24)12-21(26,11-16)15-9-8-14-13-22-23(4)18(14)10-15/h8-10,13,16-17,26H,5-7,11-12H2,1-4H3. The Morgan fingerprint density at radius 2 is 1.93 bits per heavy atom. The van der Waals surface area contributed by atoms with E-state index in [1.54, 1.807) is 0 Å². The molecule has 27 heavy (non-hydrogen) atoms. The molecule has 1 N–H and O–H groups in total. The molecule has 1 aromatic heterocycles. The number of nitrogens with zero attached hydrogens (tertiary/aromatic N) is 3. The Hall–Kier alpha value is -2.08. The lowest BCUT2D eigenvalue weighted by atomic mass is 9.72. The molecule has 1 amide bonds. The first-order valence-corrected chi connectivity index (χ1v) is 9.82. The second-order valence-corrected chi connectivity index (χ2v) is 9.11. The highest BCUT2D eigenvalue weighted by Gasteiger charge is 2.49. The molecule has 0 spiro atoms. The van der Waals surface area contributed by atoms with Crippen LogP contribution in [0.1, 0.15) is 58.4 Å². The van der Waals surface area contributed by atoms with Gasteiger partial charge in [-0.2, -0.15) is 5.10 Å². The summed E-state index contributed by atoms with van der Waals surface area (Å²) in [6.07, 6.45) is 5.59. The molecule has 146 valence electrons. The molecule has 2 saturated heterocycles. The number of fused-ring (bicyclic) bond motifs is 3. The molecular weight excluding hydrogens is 342 g/mol. The molecule has 2 bridgehead atoms. The summed E-state index contributed by atoms with van der Waals surface area (Å²) in [5.74, 6) is 0. The summed E-state index contributed by atoms with van der Waals surface area (Å²) >= 11 is 0. The molecule has 2 fully saturated rings. The zero-order valence-corrected chi connectivity index (χ0v) is 16.6. The van der Waals surface area contributed by atoms with Gasteiger partial charge in [0, 0.05) is 37.4 Å². The SMILES string of the molecule is Cn1ncc2ccc(C3(O)CC4CCCC(C3)N4C(=O)OC(C)(C)C)cc21. The van der Waals surface area contributed by atoms with E-state index in [1.165, 1.54) is 0 Å². The van der Waals surface area contributed by atoms with Crippen LogP contribution in [-0.4, -0.2) is 43.6 Å². The number of carbonyl (C=O) groups is 1. The van der Waals surface area contributed by atoms with Crippen molar-refractivity contribution in [1.29, 1.82) is 0 Å². The highest BCUT2D eigenvalue weighted by atomic mass is 16.6. The fraction of sp³-hybridized carbons (Fsp3) is 0.619. The summed E-state index contributed by atoms with van der Waals surface area (Å²) < 4.78 is 7.48. The first-order valence-electron chi connectivity index (χ1n) is 9.82. The highest BCUT2D eigenvalue weighted by Crippen LogP contribution is 2.45. The Kier molecular flexibility index (Phi) is 4.22. The van der Waals surface area contributed by atoms with E-state index in [9.17, 15) is 9.90 Å². The summed E-state index contributed by atoms with van der Waals surface area (Å²) in [7, 11) is 1.91. The van der Waals surface area contributed by atoms with Crippen molar-refractivity contribution >= 4 is 17.0 Å². The van der Waals surface area contributed by atoms with Crippen molar-refractivity contribution in [2.24, 2.45) is 7.05 Å². The summed E-state index contributed by atoms with van der Waals surface area (Å²) in [4.78, 5) is 14.7. The van der Waals surface area contributed by atoms with Crippen molar-refractivity contribution in [2.45, 2.75) is 76.2 Å². The molecule has 2 aliphatic heterocycles. The zero-order chi connectivity index (χ0) is 19.4. The Labute approximate surface area is 160 Å². The number of piperidine rings is 2. The molecule has 0 radical (unpaired) electrons. The third-order valence-corrected chi connectivity index (χ3v) is 5.90. The van der Waals surface area contributed by atoms with Crippen molar-refractivity contribution in [3.05, 3.63) is 30.0 Å². The summed E-state index contributed by atoms with van der Waals surface area (Å²) in [6, 6.07) is 6.09. The number of aryl methyl sites for hydroxylation is 1. The summed E-state index contributed by atoms with van der Waals surface area (Å²) in [5, 5.41) is 16.9. The van der Waals surface area contributed by atoms with Crippen LogP contribution in [0.15, 0.2) is 24.4 Å². The smallest absolute Gasteiger partial charge is 0.410 e. The first-order chi connectivity index (χ1) is 12.7. The number of hydrogen-bond donors (Lipinski definition) is 1. The predicted molar refractivity (Wildman–Crippen MR) is 103 cm³/mol. The average molecular weight is 371 g/mol. The van der Waals surface area contributed by atoms with Crippen LogP contribution < -0.4 is 0 Å². The van der Waals surface area contributed by atoms with E-state index in [0.29, 0.717) is 12.8 Å². The topological polar surface area (TPSA) is 67.6 Å². The molecule has 3 heterocycles. The van der Waals surface area contributed by atoms with Gasteiger partial charge in [0.1, 0.15) is 5.60 Å². The van der Waals surface area contributed by atoms with E-state index < -0.39 is 11.2 Å². The number of hydrogen-bond acceptors (Lipinski definition) is 4. The zero-order valence-electron chi connectivity index (χ0n) is 16.6. The predicted octanol–water partition coefficient (Wildman–Crippen LogP) is 3.71. The Bertz CT molecular complexity index is 853. The molecule has 0 saturated carbocycles. The molecule has 2 aromatic rings. The van der Waals surface area contributed by atoms with Gasteiger partial charge in [-0.05, 0) is 51.7 Å². The van der Waals surface area contributed by atoms with Crippen LogP contribution in [0.4, 0.5) is 4.79 Å². The van der Waals surface area contributed by atoms with Gasteiger partial charge in [0.15, 0.2) is 0 Å². The van der Waals surface area contributed by atoms with Crippen LogP contribution in [0, 0.1) is 0 Å². The quantitative estimate of drug-likeness (QED) is 0.830. The van der Waals surface area contributed by atoms with Gasteiger partial charge in [-0.15, -0.1) is 0 Å². The molecule has 1 aromatic carbocycles. The van der Waals surface area contributed by atoms with E-state index >= 15 is 0 Å². The normalized spacial score (nSPS) is 28.4. The average Bonchev–Trinajstić information content (AvgIpc) is 2.93. The van der Waals surface area contributed by atoms with Crippen LogP contribution in [-0.2, 0) is 17.4 Å². The number of aromatic nitrogens is 2. The van der Waals surface area contributed by atoms with E-state index in [0.717, 1.165) is 35.7 Å². The number of benzene rings is 1. The number of rotatable bonds is 1. The van der Waals surface area contributed by atoms with Gasteiger partial charge < -0.3 is 14.7 Å². The third-order valence-electron chi connectivity index (χ3n) is 5.90. The van der Waals surface area contributed by atoms with Gasteiger partial charge in [0.05, 0.1) is 17.3 Å². The fourth-order valence-electron chi connectivity index (χ4n) is 4.71. The lowest BCUT2D eigenvalue weighted by Crippen LogP contribution is -2.59. The van der Waals surface area contributed by atoms with E-state index in [2.05, 4.69) is 5.10 Å². The van der Waals surface area contributed by atoms with Crippen LogP contribution in [0.5, 0.6) is 0 Å². The monoisotopic (exact) mass is 371 g/mol.